The average molecular weight is 444 g/mol. The zero-order chi connectivity index (χ0) is 19.1. The lowest BCUT2D eigenvalue weighted by molar-refractivity contribution is 0.0950. The van der Waals surface area contributed by atoms with Gasteiger partial charge in [-0.2, -0.15) is 5.10 Å². The molecule has 0 bridgehead atoms. The quantitative estimate of drug-likeness (QED) is 0.407. The molecule has 0 radical (unpaired) electrons. The lowest BCUT2D eigenvalue weighted by Gasteiger charge is -2.10. The molecule has 4 nitrogen and oxygen atoms in total. The van der Waals surface area contributed by atoms with Gasteiger partial charge in [-0.15, -0.1) is 0 Å². The number of benzene rings is 3. The van der Waals surface area contributed by atoms with Crippen LogP contribution in [-0.2, 0) is 6.61 Å². The van der Waals surface area contributed by atoms with Crippen molar-refractivity contribution in [1.82, 2.24) is 5.43 Å². The molecule has 0 atom stereocenters. The van der Waals surface area contributed by atoms with E-state index in [0.29, 0.717) is 22.9 Å². The molecular weight excluding hydrogens is 428 g/mol. The fourth-order valence-electron chi connectivity index (χ4n) is 2.37. The normalized spacial score (nSPS) is 10.7. The molecule has 0 unspecified atom stereocenters. The monoisotopic (exact) mass is 442 g/mol. The van der Waals surface area contributed by atoms with E-state index in [9.17, 15) is 4.79 Å². The van der Waals surface area contributed by atoms with Crippen LogP contribution < -0.4 is 10.2 Å². The van der Waals surface area contributed by atoms with Gasteiger partial charge in [-0.1, -0.05) is 70.0 Å². The topological polar surface area (TPSA) is 50.7 Å². The Balaban J connectivity index is 1.67. The summed E-state index contributed by atoms with van der Waals surface area (Å²) in [5.74, 6) is 0.131. The molecule has 0 fully saturated rings. The number of nitrogens with zero attached hydrogens (tertiary/aromatic N) is 1. The van der Waals surface area contributed by atoms with Crippen LogP contribution in [0.4, 0.5) is 0 Å². The van der Waals surface area contributed by atoms with Crippen molar-refractivity contribution in [3.8, 4) is 5.75 Å². The molecule has 0 spiro atoms. The number of nitrogens with one attached hydrogen (secondary N) is 1. The summed E-state index contributed by atoms with van der Waals surface area (Å²) < 4.78 is 6.80. The van der Waals surface area contributed by atoms with Crippen molar-refractivity contribution < 1.29 is 9.53 Å². The first kappa shape index (κ1) is 19.1. The molecule has 0 heterocycles. The smallest absolute Gasteiger partial charge is 0.275 e. The number of hydrazone groups is 1. The minimum atomic E-state index is -0.358. The molecule has 1 N–H and O–H groups in total. The second-order valence-corrected chi connectivity index (χ2v) is 6.96. The number of hydrogen-bond acceptors (Lipinski definition) is 3. The first-order valence-electron chi connectivity index (χ1n) is 8.17. The second kappa shape index (κ2) is 9.35. The fraction of sp³-hybridized carbons (Fsp3) is 0.0476. The molecule has 0 aromatic heterocycles. The van der Waals surface area contributed by atoms with Crippen molar-refractivity contribution in [1.29, 1.82) is 0 Å². The lowest BCUT2D eigenvalue weighted by atomic mass is 10.2. The van der Waals surface area contributed by atoms with E-state index in [4.69, 9.17) is 16.3 Å². The van der Waals surface area contributed by atoms with Crippen LogP contribution in [0.3, 0.4) is 0 Å². The van der Waals surface area contributed by atoms with Gasteiger partial charge in [-0.3, -0.25) is 4.79 Å². The van der Waals surface area contributed by atoms with E-state index in [-0.39, 0.29) is 5.91 Å². The van der Waals surface area contributed by atoms with Gasteiger partial charge in [0.25, 0.3) is 5.91 Å². The molecular formula is C21H16BrClN2O2. The average Bonchev–Trinajstić information content (AvgIpc) is 2.68. The summed E-state index contributed by atoms with van der Waals surface area (Å²) in [6.45, 7) is 0.354. The zero-order valence-corrected chi connectivity index (χ0v) is 16.6. The summed E-state index contributed by atoms with van der Waals surface area (Å²) in [5, 5.41) is 4.54. The molecule has 3 aromatic carbocycles. The maximum atomic E-state index is 12.5. The fourth-order valence-corrected chi connectivity index (χ4v) is 3.00. The summed E-state index contributed by atoms with van der Waals surface area (Å²) in [5.41, 5.74) is 4.63. The van der Waals surface area contributed by atoms with Crippen molar-refractivity contribution >= 4 is 39.7 Å². The predicted octanol–water partition coefficient (Wildman–Crippen LogP) is 5.45. The highest BCUT2D eigenvalue weighted by Gasteiger charge is 2.11. The Bertz CT molecular complexity index is 976. The van der Waals surface area contributed by atoms with Crippen LogP contribution in [0, 0.1) is 0 Å². The largest absolute Gasteiger partial charge is 0.488 e. The summed E-state index contributed by atoms with van der Waals surface area (Å²) in [7, 11) is 0. The third-order valence-electron chi connectivity index (χ3n) is 3.69. The van der Waals surface area contributed by atoms with Gasteiger partial charge >= 0.3 is 0 Å². The van der Waals surface area contributed by atoms with E-state index < -0.39 is 0 Å². The molecule has 27 heavy (non-hydrogen) atoms. The van der Waals surface area contributed by atoms with Gasteiger partial charge < -0.3 is 4.74 Å². The van der Waals surface area contributed by atoms with Crippen LogP contribution in [0.2, 0.25) is 5.02 Å². The molecule has 0 saturated carbocycles. The standard InChI is InChI=1S/C21H16BrClN2O2/c22-17-8-5-6-15(12-17)14-27-20-11-4-2-9-18(20)21(26)25-24-13-16-7-1-3-10-19(16)23/h1-13H,14H2,(H,25,26)/b24-13-. The highest BCUT2D eigenvalue weighted by Crippen LogP contribution is 2.20. The van der Waals surface area contributed by atoms with Crippen LogP contribution in [0.15, 0.2) is 82.4 Å². The van der Waals surface area contributed by atoms with E-state index in [1.807, 2.05) is 48.5 Å². The van der Waals surface area contributed by atoms with Gasteiger partial charge in [0.05, 0.1) is 11.8 Å². The van der Waals surface area contributed by atoms with E-state index >= 15 is 0 Å². The molecule has 0 aliphatic heterocycles. The van der Waals surface area contributed by atoms with Gasteiger partial charge in [0.15, 0.2) is 0 Å². The summed E-state index contributed by atoms with van der Waals surface area (Å²) >= 11 is 9.50. The van der Waals surface area contributed by atoms with Gasteiger partial charge in [0.2, 0.25) is 0 Å². The number of carbonyl (C=O) groups is 1. The van der Waals surface area contributed by atoms with E-state index in [0.717, 1.165) is 15.6 Å². The number of amides is 1. The highest BCUT2D eigenvalue weighted by atomic mass is 79.9. The summed E-state index contributed by atoms with van der Waals surface area (Å²) in [6, 6.07) is 22.1. The van der Waals surface area contributed by atoms with Crippen molar-refractivity contribution in [3.05, 3.63) is 99.0 Å². The van der Waals surface area contributed by atoms with E-state index in [1.54, 1.807) is 24.3 Å². The van der Waals surface area contributed by atoms with Crippen LogP contribution in [0.1, 0.15) is 21.5 Å². The molecule has 0 aliphatic carbocycles. The third kappa shape index (κ3) is 5.42. The maximum Gasteiger partial charge on any atom is 0.275 e. The first-order valence-corrected chi connectivity index (χ1v) is 9.35. The van der Waals surface area contributed by atoms with E-state index in [2.05, 4.69) is 26.5 Å². The SMILES string of the molecule is O=C(N/N=C\c1ccccc1Cl)c1ccccc1OCc1cccc(Br)c1. The zero-order valence-electron chi connectivity index (χ0n) is 14.2. The number of carbonyl (C=O) groups excluding carboxylic acids is 1. The van der Waals surface area contributed by atoms with Crippen LogP contribution in [0.25, 0.3) is 0 Å². The van der Waals surface area contributed by atoms with E-state index in [1.165, 1.54) is 6.21 Å². The maximum absolute atomic E-state index is 12.5. The number of para-hydroxylation sites is 1. The van der Waals surface area contributed by atoms with Crippen LogP contribution in [0.5, 0.6) is 5.75 Å². The molecule has 0 aliphatic rings. The Morgan fingerprint density at radius 2 is 1.85 bits per heavy atom. The molecule has 136 valence electrons. The minimum absolute atomic E-state index is 0.354. The lowest BCUT2D eigenvalue weighted by Crippen LogP contribution is -2.18. The van der Waals surface area contributed by atoms with Crippen molar-refractivity contribution in [3.63, 3.8) is 0 Å². The van der Waals surface area contributed by atoms with Gasteiger partial charge in [0.1, 0.15) is 12.4 Å². The molecule has 6 heteroatoms. The highest BCUT2D eigenvalue weighted by molar-refractivity contribution is 9.10. The van der Waals surface area contributed by atoms with Gasteiger partial charge in [0, 0.05) is 15.1 Å². The molecule has 0 saturated heterocycles. The number of halogens is 2. The van der Waals surface area contributed by atoms with Crippen molar-refractivity contribution in [2.24, 2.45) is 5.10 Å². The van der Waals surface area contributed by atoms with Crippen molar-refractivity contribution in [2.75, 3.05) is 0 Å². The predicted molar refractivity (Wildman–Crippen MR) is 111 cm³/mol. The van der Waals surface area contributed by atoms with Gasteiger partial charge in [-0.25, -0.2) is 5.43 Å². The van der Waals surface area contributed by atoms with Crippen LogP contribution in [-0.4, -0.2) is 12.1 Å². The van der Waals surface area contributed by atoms with Crippen molar-refractivity contribution in [2.45, 2.75) is 6.61 Å². The Morgan fingerprint density at radius 1 is 1.07 bits per heavy atom. The Hall–Kier alpha value is -2.63. The molecule has 1 amide bonds. The minimum Gasteiger partial charge on any atom is -0.488 e. The Morgan fingerprint density at radius 3 is 2.67 bits per heavy atom. The molecule has 3 rings (SSSR count). The number of hydrogen-bond donors (Lipinski definition) is 1. The molecule has 3 aromatic rings. The number of rotatable bonds is 6. The number of ether oxygens (including phenoxy) is 1. The third-order valence-corrected chi connectivity index (χ3v) is 4.53. The van der Waals surface area contributed by atoms with Gasteiger partial charge in [-0.05, 0) is 35.9 Å². The second-order valence-electron chi connectivity index (χ2n) is 5.64. The first-order chi connectivity index (χ1) is 13.1. The summed E-state index contributed by atoms with van der Waals surface area (Å²) in [6.07, 6.45) is 1.51. The summed E-state index contributed by atoms with van der Waals surface area (Å²) in [4.78, 5) is 12.5. The Kier molecular flexibility index (Phi) is 6.63. The Labute approximate surface area is 171 Å². The van der Waals surface area contributed by atoms with Crippen LogP contribution >= 0.6 is 27.5 Å².